The first kappa shape index (κ1) is 24.0. The lowest BCUT2D eigenvalue weighted by Crippen LogP contribution is -2.33. The van der Waals surface area contributed by atoms with E-state index in [9.17, 15) is 18.3 Å². The molecule has 0 aliphatic heterocycles. The maximum atomic E-state index is 13.1. The number of aromatic nitrogens is 3. The summed E-state index contributed by atoms with van der Waals surface area (Å²) in [5.41, 5.74) is 1.48. The lowest BCUT2D eigenvalue weighted by Gasteiger charge is -2.20. The molecular formula is C22H30N4O5S. The van der Waals surface area contributed by atoms with Crippen molar-refractivity contribution in [1.82, 2.24) is 18.8 Å². The van der Waals surface area contributed by atoms with Crippen molar-refractivity contribution in [3.05, 3.63) is 40.3 Å². The van der Waals surface area contributed by atoms with Crippen molar-refractivity contribution in [2.24, 2.45) is 0 Å². The van der Waals surface area contributed by atoms with E-state index in [1.165, 1.54) is 16.4 Å². The number of fused-ring (bicyclic) bond motifs is 1. The van der Waals surface area contributed by atoms with Gasteiger partial charge in [-0.05, 0) is 44.0 Å². The second kappa shape index (κ2) is 9.85. The van der Waals surface area contributed by atoms with E-state index in [0.717, 1.165) is 12.0 Å². The third kappa shape index (κ3) is 4.43. The van der Waals surface area contributed by atoms with E-state index in [1.807, 2.05) is 31.5 Å². The monoisotopic (exact) mass is 462 g/mol. The van der Waals surface area contributed by atoms with Crippen molar-refractivity contribution in [3.8, 4) is 17.1 Å². The molecular weight excluding hydrogens is 432 g/mol. The molecule has 0 radical (unpaired) electrons. The van der Waals surface area contributed by atoms with Gasteiger partial charge in [0.1, 0.15) is 17.2 Å². The van der Waals surface area contributed by atoms with Gasteiger partial charge in [0.15, 0.2) is 0 Å². The van der Waals surface area contributed by atoms with E-state index >= 15 is 0 Å². The van der Waals surface area contributed by atoms with Crippen LogP contribution in [0, 0.1) is 6.92 Å². The minimum Gasteiger partial charge on any atom is -0.493 e. The number of hydrogen-bond donors (Lipinski definition) is 2. The Bertz CT molecular complexity index is 1260. The van der Waals surface area contributed by atoms with E-state index in [0.29, 0.717) is 35.5 Å². The Morgan fingerprint density at radius 2 is 2.00 bits per heavy atom. The molecule has 1 aromatic carbocycles. The Kier molecular flexibility index (Phi) is 7.37. The summed E-state index contributed by atoms with van der Waals surface area (Å²) >= 11 is 0. The molecule has 0 amide bonds. The fraction of sp³-hybridized carbons (Fsp3) is 0.455. The molecule has 0 aliphatic rings. The average Bonchev–Trinajstić information content (AvgIpc) is 3.08. The molecule has 2 heterocycles. The summed E-state index contributed by atoms with van der Waals surface area (Å²) in [5.74, 6) is 0.660. The number of nitrogens with zero attached hydrogens (tertiary/aromatic N) is 3. The number of nitrogens with one attached hydrogen (secondary N) is 1. The first-order valence-corrected chi connectivity index (χ1v) is 12.2. The Labute approximate surface area is 187 Å². The number of aliphatic hydroxyl groups excluding tert-OH is 1. The Hall–Kier alpha value is -2.69. The summed E-state index contributed by atoms with van der Waals surface area (Å²) in [6.07, 6.45) is 2.78. The van der Waals surface area contributed by atoms with Crippen LogP contribution in [-0.4, -0.2) is 58.7 Å². The molecule has 0 saturated heterocycles. The second-order valence-corrected chi connectivity index (χ2v) is 9.37. The van der Waals surface area contributed by atoms with Gasteiger partial charge in [-0.25, -0.2) is 13.4 Å². The molecule has 2 aromatic heterocycles. The van der Waals surface area contributed by atoms with Gasteiger partial charge in [0.05, 0.1) is 29.1 Å². The van der Waals surface area contributed by atoms with Crippen LogP contribution in [0.4, 0.5) is 0 Å². The molecule has 0 saturated carbocycles. The summed E-state index contributed by atoms with van der Waals surface area (Å²) in [6, 6.07) is 4.49. The van der Waals surface area contributed by atoms with E-state index in [-0.39, 0.29) is 36.0 Å². The smallest absolute Gasteiger partial charge is 0.260 e. The molecule has 3 aromatic rings. The predicted octanol–water partition coefficient (Wildman–Crippen LogP) is 2.51. The summed E-state index contributed by atoms with van der Waals surface area (Å²) in [5, 5.41) is 9.77. The van der Waals surface area contributed by atoms with Crippen LogP contribution in [0.25, 0.3) is 22.4 Å². The van der Waals surface area contributed by atoms with E-state index in [4.69, 9.17) is 9.72 Å². The highest BCUT2D eigenvalue weighted by molar-refractivity contribution is 7.89. The van der Waals surface area contributed by atoms with Gasteiger partial charge in [0.2, 0.25) is 10.0 Å². The number of aryl methyl sites for hydroxylation is 2. The van der Waals surface area contributed by atoms with Gasteiger partial charge in [-0.1, -0.05) is 13.8 Å². The molecule has 0 atom stereocenters. The number of H-pyrrole nitrogens is 1. The zero-order valence-corrected chi connectivity index (χ0v) is 19.7. The van der Waals surface area contributed by atoms with E-state index < -0.39 is 10.0 Å². The fourth-order valence-corrected chi connectivity index (χ4v) is 5.23. The SMILES string of the molecule is CCCn1cc(C)c2c(=O)[nH]c(-c3cc(S(=O)(=O)N(CC)CCO)ccc3OCC)nc21. The van der Waals surface area contributed by atoms with Gasteiger partial charge in [0.25, 0.3) is 5.56 Å². The molecule has 174 valence electrons. The zero-order chi connectivity index (χ0) is 23.5. The average molecular weight is 463 g/mol. The number of aliphatic hydroxyl groups is 1. The second-order valence-electron chi connectivity index (χ2n) is 7.43. The summed E-state index contributed by atoms with van der Waals surface area (Å²) < 4.78 is 35.1. The molecule has 32 heavy (non-hydrogen) atoms. The molecule has 2 N–H and O–H groups in total. The van der Waals surface area contributed by atoms with Gasteiger partial charge >= 0.3 is 0 Å². The van der Waals surface area contributed by atoms with Gasteiger partial charge in [-0.15, -0.1) is 0 Å². The highest BCUT2D eigenvalue weighted by Crippen LogP contribution is 2.32. The molecule has 0 aliphatic carbocycles. The van der Waals surface area contributed by atoms with Crippen LogP contribution in [0.15, 0.2) is 34.1 Å². The Morgan fingerprint density at radius 1 is 1.25 bits per heavy atom. The van der Waals surface area contributed by atoms with Crippen molar-refractivity contribution >= 4 is 21.1 Å². The number of aromatic amines is 1. The highest BCUT2D eigenvalue weighted by atomic mass is 32.2. The molecule has 3 rings (SSSR count). The fourth-order valence-electron chi connectivity index (χ4n) is 3.77. The maximum Gasteiger partial charge on any atom is 0.260 e. The number of rotatable bonds is 10. The van der Waals surface area contributed by atoms with Crippen LogP contribution in [-0.2, 0) is 16.6 Å². The van der Waals surface area contributed by atoms with E-state index in [2.05, 4.69) is 4.98 Å². The first-order valence-electron chi connectivity index (χ1n) is 10.8. The van der Waals surface area contributed by atoms with Crippen LogP contribution in [0.2, 0.25) is 0 Å². The Morgan fingerprint density at radius 3 is 2.62 bits per heavy atom. The number of sulfonamides is 1. The standard InChI is InChI=1S/C22H30N4O5S/c1-5-10-25-14-15(4)19-21(25)23-20(24-22(19)28)17-13-16(8-9-18(17)31-7-3)32(29,30)26(6-2)11-12-27/h8-9,13-14,27H,5-7,10-12H2,1-4H3,(H,23,24,28). The summed E-state index contributed by atoms with van der Waals surface area (Å²) in [6.45, 7) is 8.44. The minimum atomic E-state index is -3.85. The number of hydrogen-bond acceptors (Lipinski definition) is 6. The first-order chi connectivity index (χ1) is 15.3. The molecule has 0 bridgehead atoms. The minimum absolute atomic E-state index is 0.00771. The summed E-state index contributed by atoms with van der Waals surface area (Å²) in [4.78, 5) is 20.4. The van der Waals surface area contributed by atoms with E-state index in [1.54, 1.807) is 13.0 Å². The number of ether oxygens (including phenoxy) is 1. The van der Waals surface area contributed by atoms with Crippen LogP contribution in [0.5, 0.6) is 5.75 Å². The Balaban J connectivity index is 2.24. The van der Waals surface area contributed by atoms with Gasteiger partial charge in [0, 0.05) is 25.8 Å². The van der Waals surface area contributed by atoms with Crippen molar-refractivity contribution < 1.29 is 18.3 Å². The normalized spacial score (nSPS) is 12.1. The van der Waals surface area contributed by atoms with Gasteiger partial charge in [-0.3, -0.25) is 4.79 Å². The van der Waals surface area contributed by atoms with Crippen LogP contribution < -0.4 is 10.3 Å². The highest BCUT2D eigenvalue weighted by Gasteiger charge is 2.25. The van der Waals surface area contributed by atoms with Crippen LogP contribution in [0.1, 0.15) is 32.8 Å². The quantitative estimate of drug-likeness (QED) is 0.478. The maximum absolute atomic E-state index is 13.1. The van der Waals surface area contributed by atoms with Crippen LogP contribution >= 0.6 is 0 Å². The summed E-state index contributed by atoms with van der Waals surface area (Å²) in [7, 11) is -3.85. The number of benzene rings is 1. The predicted molar refractivity (Wildman–Crippen MR) is 124 cm³/mol. The van der Waals surface area contributed by atoms with Crippen molar-refractivity contribution in [3.63, 3.8) is 0 Å². The molecule has 9 nitrogen and oxygen atoms in total. The van der Waals surface area contributed by atoms with Crippen molar-refractivity contribution in [2.45, 2.75) is 45.6 Å². The lowest BCUT2D eigenvalue weighted by molar-refractivity contribution is 0.257. The number of likely N-dealkylation sites (N-methyl/N-ethyl adjacent to an activating group) is 1. The lowest BCUT2D eigenvalue weighted by atomic mass is 10.1. The van der Waals surface area contributed by atoms with Gasteiger partial charge < -0.3 is 19.4 Å². The third-order valence-electron chi connectivity index (χ3n) is 5.23. The molecule has 0 spiro atoms. The van der Waals surface area contributed by atoms with Crippen molar-refractivity contribution in [2.75, 3.05) is 26.3 Å². The van der Waals surface area contributed by atoms with Crippen LogP contribution in [0.3, 0.4) is 0 Å². The third-order valence-corrected chi connectivity index (χ3v) is 7.20. The molecule has 0 unspecified atom stereocenters. The largest absolute Gasteiger partial charge is 0.493 e. The topological polar surface area (TPSA) is 118 Å². The molecule has 10 heteroatoms. The van der Waals surface area contributed by atoms with Gasteiger partial charge in [-0.2, -0.15) is 4.31 Å². The zero-order valence-electron chi connectivity index (χ0n) is 18.9. The molecule has 0 fully saturated rings. The van der Waals surface area contributed by atoms with Crippen molar-refractivity contribution in [1.29, 1.82) is 0 Å².